The molecule has 2 fully saturated rings. The van der Waals surface area contributed by atoms with E-state index in [1.165, 1.54) is 0 Å². The molecule has 2 aliphatic heterocycles. The minimum Gasteiger partial charge on any atom is -0.340 e. The van der Waals surface area contributed by atoms with Crippen LogP contribution in [0.1, 0.15) is 6.42 Å². The Kier molecular flexibility index (Phi) is 3.57. The quantitative estimate of drug-likeness (QED) is 0.816. The molecule has 7 heteroatoms. The van der Waals surface area contributed by atoms with Crippen molar-refractivity contribution < 1.29 is 8.42 Å². The molecule has 0 N–H and O–H groups in total. The van der Waals surface area contributed by atoms with Crippen LogP contribution in [0.15, 0.2) is 24.3 Å². The summed E-state index contributed by atoms with van der Waals surface area (Å²) >= 11 is 0. The molecule has 3 heterocycles. The molecule has 4 rings (SSSR count). The summed E-state index contributed by atoms with van der Waals surface area (Å²) in [7, 11) is -0.750. The van der Waals surface area contributed by atoms with Crippen LogP contribution in [0.3, 0.4) is 0 Å². The van der Waals surface area contributed by atoms with Crippen molar-refractivity contribution in [2.45, 2.75) is 12.5 Å². The van der Waals surface area contributed by atoms with Crippen LogP contribution in [0.5, 0.6) is 0 Å². The first-order valence-electron chi connectivity index (χ1n) is 8.14. The van der Waals surface area contributed by atoms with Crippen LogP contribution in [0.25, 0.3) is 11.0 Å². The van der Waals surface area contributed by atoms with Gasteiger partial charge in [-0.3, -0.25) is 4.90 Å². The number of sulfone groups is 1. The van der Waals surface area contributed by atoms with Crippen LogP contribution in [-0.2, 0) is 16.9 Å². The molecule has 2 saturated heterocycles. The van der Waals surface area contributed by atoms with Gasteiger partial charge in [0.05, 0.1) is 22.5 Å². The van der Waals surface area contributed by atoms with Gasteiger partial charge in [0.1, 0.15) is 0 Å². The van der Waals surface area contributed by atoms with Gasteiger partial charge in [-0.25, -0.2) is 13.4 Å². The number of imidazole rings is 1. The molecule has 0 aliphatic carbocycles. The molecule has 0 radical (unpaired) electrons. The van der Waals surface area contributed by atoms with Crippen molar-refractivity contribution in [3.63, 3.8) is 0 Å². The van der Waals surface area contributed by atoms with Gasteiger partial charge in [-0.1, -0.05) is 12.1 Å². The minimum atomic E-state index is -2.81. The van der Waals surface area contributed by atoms with Gasteiger partial charge in [0, 0.05) is 39.3 Å². The largest absolute Gasteiger partial charge is 0.340 e. The highest BCUT2D eigenvalue weighted by molar-refractivity contribution is 7.91. The molecule has 0 saturated carbocycles. The lowest BCUT2D eigenvalue weighted by Gasteiger charge is -2.38. The molecule has 0 amide bonds. The van der Waals surface area contributed by atoms with Crippen molar-refractivity contribution >= 4 is 26.8 Å². The number of para-hydroxylation sites is 2. The molecule has 1 atom stereocenters. The number of aromatic nitrogens is 2. The van der Waals surface area contributed by atoms with E-state index in [0.717, 1.165) is 49.6 Å². The van der Waals surface area contributed by atoms with Gasteiger partial charge >= 0.3 is 0 Å². The van der Waals surface area contributed by atoms with Gasteiger partial charge in [-0.05, 0) is 18.6 Å². The van der Waals surface area contributed by atoms with Gasteiger partial charge in [-0.15, -0.1) is 0 Å². The maximum Gasteiger partial charge on any atom is 0.206 e. The zero-order valence-electron chi connectivity index (χ0n) is 13.4. The Labute approximate surface area is 136 Å². The standard InChI is InChI=1S/C16H22N4O2S/c1-18-15-5-3-2-4-14(15)17-16(18)20-9-7-19(8-10-20)13-6-11-23(21,22)12-13/h2-5,13H,6-12H2,1H3/t13-/m0/s1. The second-order valence-electron chi connectivity index (χ2n) is 6.54. The molecule has 23 heavy (non-hydrogen) atoms. The SMILES string of the molecule is Cn1c(N2CCN([C@H]3CCS(=O)(=O)C3)CC2)nc2ccccc21. The van der Waals surface area contributed by atoms with Gasteiger partial charge in [0.15, 0.2) is 9.84 Å². The lowest BCUT2D eigenvalue weighted by molar-refractivity contribution is 0.199. The number of benzene rings is 1. The summed E-state index contributed by atoms with van der Waals surface area (Å²) in [5.41, 5.74) is 2.17. The Bertz CT molecular complexity index is 822. The summed E-state index contributed by atoms with van der Waals surface area (Å²) in [5.74, 6) is 1.69. The lowest BCUT2D eigenvalue weighted by atomic mass is 10.2. The predicted octanol–water partition coefficient (Wildman–Crippen LogP) is 0.882. The maximum atomic E-state index is 11.7. The van der Waals surface area contributed by atoms with Crippen LogP contribution in [0.4, 0.5) is 5.95 Å². The number of piperazine rings is 1. The molecule has 0 unspecified atom stereocenters. The Hall–Kier alpha value is -1.60. The molecule has 1 aromatic heterocycles. The van der Waals surface area contributed by atoms with Crippen LogP contribution in [-0.4, -0.2) is 66.6 Å². The lowest BCUT2D eigenvalue weighted by Crippen LogP contribution is -2.51. The van der Waals surface area contributed by atoms with E-state index in [-0.39, 0.29) is 6.04 Å². The highest BCUT2D eigenvalue weighted by atomic mass is 32.2. The van der Waals surface area contributed by atoms with Crippen molar-refractivity contribution in [2.24, 2.45) is 7.05 Å². The van der Waals surface area contributed by atoms with E-state index < -0.39 is 9.84 Å². The smallest absolute Gasteiger partial charge is 0.206 e. The Morgan fingerprint density at radius 1 is 1.13 bits per heavy atom. The van der Waals surface area contributed by atoms with E-state index in [1.807, 2.05) is 18.2 Å². The average Bonchev–Trinajstić information content (AvgIpc) is 3.08. The van der Waals surface area contributed by atoms with E-state index >= 15 is 0 Å². The Balaban J connectivity index is 1.48. The van der Waals surface area contributed by atoms with Gasteiger partial charge in [0.2, 0.25) is 5.95 Å². The molecule has 6 nitrogen and oxygen atoms in total. The Morgan fingerprint density at radius 2 is 1.87 bits per heavy atom. The summed E-state index contributed by atoms with van der Waals surface area (Å²) < 4.78 is 25.5. The third-order valence-electron chi connectivity index (χ3n) is 5.09. The van der Waals surface area contributed by atoms with Crippen LogP contribution < -0.4 is 4.90 Å². The summed E-state index contributed by atoms with van der Waals surface area (Å²) in [6, 6.07) is 8.39. The van der Waals surface area contributed by atoms with Crippen molar-refractivity contribution in [1.29, 1.82) is 0 Å². The van der Waals surface area contributed by atoms with Crippen molar-refractivity contribution in [3.8, 4) is 0 Å². The average molecular weight is 334 g/mol. The van der Waals surface area contributed by atoms with Crippen LogP contribution in [0, 0.1) is 0 Å². The maximum absolute atomic E-state index is 11.7. The molecule has 2 aromatic rings. The predicted molar refractivity (Wildman–Crippen MR) is 91.6 cm³/mol. The zero-order chi connectivity index (χ0) is 16.0. The number of nitrogens with zero attached hydrogens (tertiary/aromatic N) is 4. The molecule has 124 valence electrons. The van der Waals surface area contributed by atoms with Crippen LogP contribution >= 0.6 is 0 Å². The number of rotatable bonds is 2. The zero-order valence-corrected chi connectivity index (χ0v) is 14.2. The highest BCUT2D eigenvalue weighted by Gasteiger charge is 2.34. The fourth-order valence-electron chi connectivity index (χ4n) is 3.77. The summed E-state index contributed by atoms with van der Waals surface area (Å²) in [5, 5.41) is 0. The second-order valence-corrected chi connectivity index (χ2v) is 8.77. The monoisotopic (exact) mass is 334 g/mol. The van der Waals surface area contributed by atoms with Gasteiger partial charge in [0.25, 0.3) is 0 Å². The van der Waals surface area contributed by atoms with Crippen molar-refractivity contribution in [2.75, 3.05) is 42.6 Å². The third kappa shape index (κ3) is 2.72. The first-order valence-corrected chi connectivity index (χ1v) is 9.96. The van der Waals surface area contributed by atoms with Crippen LogP contribution in [0.2, 0.25) is 0 Å². The van der Waals surface area contributed by atoms with Crippen molar-refractivity contribution in [1.82, 2.24) is 14.5 Å². The van der Waals surface area contributed by atoms with Gasteiger partial charge in [-0.2, -0.15) is 0 Å². The fourth-order valence-corrected chi connectivity index (χ4v) is 5.53. The molecule has 0 bridgehead atoms. The van der Waals surface area contributed by atoms with E-state index in [2.05, 4.69) is 27.5 Å². The molecule has 1 aromatic carbocycles. The number of fused-ring (bicyclic) bond motifs is 1. The first kappa shape index (κ1) is 15.0. The number of aryl methyl sites for hydroxylation is 1. The molecular weight excluding hydrogens is 312 g/mol. The van der Waals surface area contributed by atoms with E-state index in [0.29, 0.717) is 11.5 Å². The number of hydrogen-bond donors (Lipinski definition) is 0. The van der Waals surface area contributed by atoms with E-state index in [4.69, 9.17) is 4.98 Å². The van der Waals surface area contributed by atoms with Gasteiger partial charge < -0.3 is 9.47 Å². The summed E-state index contributed by atoms with van der Waals surface area (Å²) in [6.45, 7) is 3.61. The van der Waals surface area contributed by atoms with E-state index in [9.17, 15) is 8.42 Å². The minimum absolute atomic E-state index is 0.211. The summed E-state index contributed by atoms with van der Waals surface area (Å²) in [4.78, 5) is 9.40. The second kappa shape index (κ2) is 5.49. The van der Waals surface area contributed by atoms with Crippen molar-refractivity contribution in [3.05, 3.63) is 24.3 Å². The third-order valence-corrected chi connectivity index (χ3v) is 6.84. The first-order chi connectivity index (χ1) is 11.0. The topological polar surface area (TPSA) is 58.4 Å². The molecule has 2 aliphatic rings. The molecular formula is C16H22N4O2S. The Morgan fingerprint density at radius 3 is 2.52 bits per heavy atom. The highest BCUT2D eigenvalue weighted by Crippen LogP contribution is 2.24. The number of anilines is 1. The normalized spacial score (nSPS) is 25.3. The fraction of sp³-hybridized carbons (Fsp3) is 0.562. The van der Waals surface area contributed by atoms with E-state index in [1.54, 1.807) is 0 Å². The summed E-state index contributed by atoms with van der Waals surface area (Å²) in [6.07, 6.45) is 0.786. The number of hydrogen-bond acceptors (Lipinski definition) is 5. The molecule has 0 spiro atoms.